The van der Waals surface area contributed by atoms with E-state index in [0.29, 0.717) is 24.9 Å². The number of likely N-dealkylation sites (tertiary alicyclic amines) is 1. The zero-order valence-electron chi connectivity index (χ0n) is 19.9. The molecule has 0 unspecified atom stereocenters. The number of fused-ring (bicyclic) bond motifs is 2. The highest BCUT2D eigenvalue weighted by molar-refractivity contribution is 5.82. The zero-order valence-corrected chi connectivity index (χ0v) is 19.9. The fourth-order valence-electron chi connectivity index (χ4n) is 5.56. The Kier molecular flexibility index (Phi) is 7.23. The molecule has 1 saturated heterocycles. The third-order valence-corrected chi connectivity index (χ3v) is 7.08. The van der Waals surface area contributed by atoms with Gasteiger partial charge in [0.2, 0.25) is 5.91 Å². The number of hydrogen-bond acceptors (Lipinski definition) is 4. The van der Waals surface area contributed by atoms with Crippen molar-refractivity contribution in [1.29, 1.82) is 0 Å². The van der Waals surface area contributed by atoms with Crippen LogP contribution in [0.2, 0.25) is 0 Å². The summed E-state index contributed by atoms with van der Waals surface area (Å²) in [5.41, 5.74) is 2.10. The lowest BCUT2D eigenvalue weighted by Crippen LogP contribution is -2.59. The van der Waals surface area contributed by atoms with Crippen molar-refractivity contribution in [2.24, 2.45) is 11.8 Å². The highest BCUT2D eigenvalue weighted by atomic mass is 16.3. The maximum atomic E-state index is 13.1. The fraction of sp³-hybridized carbons (Fsp3) is 0.654. The van der Waals surface area contributed by atoms with E-state index in [-0.39, 0.29) is 17.5 Å². The molecule has 4 rings (SSSR count). The number of benzene rings is 1. The highest BCUT2D eigenvalue weighted by Crippen LogP contribution is 2.38. The second-order valence-electron chi connectivity index (χ2n) is 10.9. The second kappa shape index (κ2) is 9.94. The Morgan fingerprint density at radius 1 is 1.22 bits per heavy atom. The summed E-state index contributed by atoms with van der Waals surface area (Å²) in [6.07, 6.45) is 7.45. The van der Waals surface area contributed by atoms with Gasteiger partial charge in [0.1, 0.15) is 0 Å². The molecule has 2 aliphatic rings. The first-order valence-electron chi connectivity index (χ1n) is 12.3. The van der Waals surface area contributed by atoms with Gasteiger partial charge in [0.05, 0.1) is 12.1 Å². The number of aromatic nitrogens is 1. The van der Waals surface area contributed by atoms with E-state index in [0.717, 1.165) is 25.0 Å². The van der Waals surface area contributed by atoms with Crippen LogP contribution in [0.1, 0.15) is 58.4 Å². The SMILES string of the molecule is CC(C)(C)NC(=O)[C@@H]1C[C@@H]2CCCC[C@@H]2CN1C[C@H](O)CNCc1ccc2[nH]ccc2c1. The molecule has 1 aromatic heterocycles. The quantitative estimate of drug-likeness (QED) is 0.532. The summed E-state index contributed by atoms with van der Waals surface area (Å²) in [4.78, 5) is 18.6. The number of carbonyl (C=O) groups is 1. The number of H-pyrrole nitrogens is 1. The molecule has 4 N–H and O–H groups in total. The summed E-state index contributed by atoms with van der Waals surface area (Å²) in [5.74, 6) is 1.42. The number of hydrogen-bond donors (Lipinski definition) is 4. The predicted molar refractivity (Wildman–Crippen MR) is 129 cm³/mol. The number of nitrogens with one attached hydrogen (secondary N) is 3. The topological polar surface area (TPSA) is 80.4 Å². The molecule has 4 atom stereocenters. The largest absolute Gasteiger partial charge is 0.390 e. The zero-order chi connectivity index (χ0) is 22.7. The molecule has 1 aromatic carbocycles. The normalized spacial score (nSPS) is 25.4. The molecule has 1 amide bonds. The Labute approximate surface area is 192 Å². The van der Waals surface area contributed by atoms with E-state index in [1.165, 1.54) is 36.6 Å². The van der Waals surface area contributed by atoms with Crippen LogP contribution in [0, 0.1) is 11.8 Å². The molecule has 1 aliphatic heterocycles. The lowest BCUT2D eigenvalue weighted by atomic mass is 9.72. The Hall–Kier alpha value is -1.89. The molecular weight excluding hydrogens is 400 g/mol. The number of aliphatic hydroxyl groups excluding tert-OH is 1. The van der Waals surface area contributed by atoms with Crippen molar-refractivity contribution in [2.45, 2.75) is 77.1 Å². The van der Waals surface area contributed by atoms with E-state index >= 15 is 0 Å². The van der Waals surface area contributed by atoms with Crippen LogP contribution in [0.25, 0.3) is 10.9 Å². The first kappa shape index (κ1) is 23.3. The van der Waals surface area contributed by atoms with Gasteiger partial charge in [-0.3, -0.25) is 9.69 Å². The van der Waals surface area contributed by atoms with Crippen LogP contribution in [-0.2, 0) is 11.3 Å². The van der Waals surface area contributed by atoms with Gasteiger partial charge in [-0.15, -0.1) is 0 Å². The van der Waals surface area contributed by atoms with E-state index < -0.39 is 6.10 Å². The van der Waals surface area contributed by atoms with Gasteiger partial charge in [0.15, 0.2) is 0 Å². The molecule has 1 aliphatic carbocycles. The van der Waals surface area contributed by atoms with Crippen LogP contribution < -0.4 is 10.6 Å². The van der Waals surface area contributed by atoms with Crippen LogP contribution >= 0.6 is 0 Å². The van der Waals surface area contributed by atoms with E-state index in [4.69, 9.17) is 0 Å². The summed E-state index contributed by atoms with van der Waals surface area (Å²) in [7, 11) is 0. The molecular formula is C26H40N4O2. The van der Waals surface area contributed by atoms with E-state index in [2.05, 4.69) is 44.8 Å². The fourth-order valence-corrected chi connectivity index (χ4v) is 5.56. The number of β-amino-alcohol motifs (C(OH)–C–C–N with tert-alkyl or cyclic N) is 1. The van der Waals surface area contributed by atoms with Gasteiger partial charge < -0.3 is 20.7 Å². The van der Waals surface area contributed by atoms with Crippen LogP contribution in [0.15, 0.2) is 30.5 Å². The lowest BCUT2D eigenvalue weighted by Gasteiger charge is -2.46. The molecule has 6 nitrogen and oxygen atoms in total. The summed E-state index contributed by atoms with van der Waals surface area (Å²) in [5, 5.41) is 18.6. The highest BCUT2D eigenvalue weighted by Gasteiger charge is 2.40. The van der Waals surface area contributed by atoms with Crippen molar-refractivity contribution < 1.29 is 9.90 Å². The second-order valence-corrected chi connectivity index (χ2v) is 10.9. The molecule has 1 saturated carbocycles. The average Bonchev–Trinajstić information content (AvgIpc) is 3.20. The van der Waals surface area contributed by atoms with Gasteiger partial charge in [0, 0.05) is 43.4 Å². The monoisotopic (exact) mass is 440 g/mol. The maximum absolute atomic E-state index is 13.1. The number of piperidine rings is 1. The van der Waals surface area contributed by atoms with Crippen molar-refractivity contribution in [3.8, 4) is 0 Å². The number of carbonyl (C=O) groups excluding carboxylic acids is 1. The van der Waals surface area contributed by atoms with E-state index in [9.17, 15) is 9.90 Å². The molecule has 6 heteroatoms. The summed E-state index contributed by atoms with van der Waals surface area (Å²) in [6, 6.07) is 8.31. The van der Waals surface area contributed by atoms with Crippen molar-refractivity contribution in [1.82, 2.24) is 20.5 Å². The molecule has 2 heterocycles. The molecule has 176 valence electrons. The van der Waals surface area contributed by atoms with Gasteiger partial charge in [0.25, 0.3) is 0 Å². The molecule has 32 heavy (non-hydrogen) atoms. The minimum absolute atomic E-state index is 0.112. The maximum Gasteiger partial charge on any atom is 0.237 e. The Morgan fingerprint density at radius 3 is 2.78 bits per heavy atom. The average molecular weight is 441 g/mol. The standard InChI is InChI=1S/C26H40N4O2/c1-26(2,3)29-25(32)24-13-19-6-4-5-7-21(19)16-30(24)17-22(31)15-27-14-18-8-9-23-20(12-18)10-11-28-23/h8-12,19,21-22,24,27-28,31H,4-7,13-17H2,1-3H3,(H,29,32)/t19-,21+,22+,24-/m0/s1. The number of aliphatic hydroxyl groups is 1. The Bertz CT molecular complexity index is 903. The van der Waals surface area contributed by atoms with Crippen molar-refractivity contribution >= 4 is 16.8 Å². The number of aromatic amines is 1. The van der Waals surface area contributed by atoms with Crippen molar-refractivity contribution in [2.75, 3.05) is 19.6 Å². The van der Waals surface area contributed by atoms with Gasteiger partial charge in [-0.2, -0.15) is 0 Å². The van der Waals surface area contributed by atoms with E-state index in [1.807, 2.05) is 27.0 Å². The van der Waals surface area contributed by atoms with Crippen LogP contribution in [0.5, 0.6) is 0 Å². The third kappa shape index (κ3) is 5.91. The first-order valence-corrected chi connectivity index (χ1v) is 12.3. The van der Waals surface area contributed by atoms with Crippen molar-refractivity contribution in [3.05, 3.63) is 36.0 Å². The molecule has 0 spiro atoms. The summed E-state index contributed by atoms with van der Waals surface area (Å²) >= 11 is 0. The first-order chi connectivity index (χ1) is 15.3. The molecule has 2 aromatic rings. The van der Waals surface area contributed by atoms with Gasteiger partial charge in [-0.05, 0) is 74.6 Å². The summed E-state index contributed by atoms with van der Waals surface area (Å²) in [6.45, 7) is 8.80. The minimum atomic E-state index is -0.504. The molecule has 2 fully saturated rings. The number of rotatable bonds is 7. The van der Waals surface area contributed by atoms with Gasteiger partial charge in [-0.25, -0.2) is 0 Å². The number of amides is 1. The molecule has 0 bridgehead atoms. The lowest BCUT2D eigenvalue weighted by molar-refractivity contribution is -0.132. The predicted octanol–water partition coefficient (Wildman–Crippen LogP) is 3.41. The molecule has 0 radical (unpaired) electrons. The number of nitrogens with zero attached hydrogens (tertiary/aromatic N) is 1. The van der Waals surface area contributed by atoms with Crippen LogP contribution in [-0.4, -0.2) is 58.2 Å². The Balaban J connectivity index is 1.33. The summed E-state index contributed by atoms with van der Waals surface area (Å²) < 4.78 is 0. The van der Waals surface area contributed by atoms with Gasteiger partial charge in [-0.1, -0.05) is 25.3 Å². The van der Waals surface area contributed by atoms with Crippen LogP contribution in [0.3, 0.4) is 0 Å². The van der Waals surface area contributed by atoms with E-state index in [1.54, 1.807) is 0 Å². The minimum Gasteiger partial charge on any atom is -0.390 e. The Morgan fingerprint density at radius 2 is 2.00 bits per heavy atom. The third-order valence-electron chi connectivity index (χ3n) is 7.08. The van der Waals surface area contributed by atoms with Gasteiger partial charge >= 0.3 is 0 Å². The smallest absolute Gasteiger partial charge is 0.237 e. The van der Waals surface area contributed by atoms with Crippen LogP contribution in [0.4, 0.5) is 0 Å². The van der Waals surface area contributed by atoms with Crippen molar-refractivity contribution in [3.63, 3.8) is 0 Å².